The van der Waals surface area contributed by atoms with E-state index in [-0.39, 0.29) is 11.5 Å². The third-order valence-electron chi connectivity index (χ3n) is 3.73. The number of hydrogen-bond donors (Lipinski definition) is 0. The highest BCUT2D eigenvalue weighted by atomic mass is 16.5. The summed E-state index contributed by atoms with van der Waals surface area (Å²) in [6, 6.07) is 7.29. The Labute approximate surface area is 130 Å². The zero-order chi connectivity index (χ0) is 15.9. The Bertz CT molecular complexity index is 611. The summed E-state index contributed by atoms with van der Waals surface area (Å²) in [7, 11) is 3.12. The van der Waals surface area contributed by atoms with Gasteiger partial charge in [-0.05, 0) is 43.5 Å². The van der Waals surface area contributed by atoms with Gasteiger partial charge in [0, 0.05) is 18.7 Å². The molecule has 0 aromatic heterocycles. The molecule has 1 heterocycles. The second kappa shape index (κ2) is 7.51. The van der Waals surface area contributed by atoms with Crippen LogP contribution in [0, 0.1) is 11.3 Å². The quantitative estimate of drug-likeness (QED) is 0.633. The molecule has 116 valence electrons. The number of rotatable bonds is 4. The van der Waals surface area contributed by atoms with Crippen LogP contribution in [-0.2, 0) is 4.79 Å². The highest BCUT2D eigenvalue weighted by Gasteiger charge is 2.20. The van der Waals surface area contributed by atoms with Crippen molar-refractivity contribution in [1.82, 2.24) is 4.90 Å². The van der Waals surface area contributed by atoms with Gasteiger partial charge in [-0.25, -0.2) is 0 Å². The standard InChI is InChI=1S/C17H20N2O3/c1-21-15-6-7-16(22-2)13(11-15)10-14(12-18)17(20)19-8-4-3-5-9-19/h6-7,10-11H,3-5,8-9H2,1-2H3/b14-10+. The molecule has 22 heavy (non-hydrogen) atoms. The number of methoxy groups -OCH3 is 2. The van der Waals surface area contributed by atoms with E-state index >= 15 is 0 Å². The molecule has 0 N–H and O–H groups in total. The first-order chi connectivity index (χ1) is 10.7. The molecule has 0 atom stereocenters. The molecule has 0 unspecified atom stereocenters. The Hall–Kier alpha value is -2.48. The summed E-state index contributed by atoms with van der Waals surface area (Å²) in [5.74, 6) is 1.03. The lowest BCUT2D eigenvalue weighted by atomic mass is 10.1. The molecule has 0 spiro atoms. The van der Waals surface area contributed by atoms with E-state index in [4.69, 9.17) is 9.47 Å². The monoisotopic (exact) mass is 300 g/mol. The van der Waals surface area contributed by atoms with Gasteiger partial charge in [-0.3, -0.25) is 4.79 Å². The van der Waals surface area contributed by atoms with Crippen molar-refractivity contribution in [3.63, 3.8) is 0 Å². The molecule has 2 rings (SSSR count). The summed E-state index contributed by atoms with van der Waals surface area (Å²) in [6.45, 7) is 1.43. The number of amides is 1. The zero-order valence-electron chi connectivity index (χ0n) is 13.0. The first-order valence-corrected chi connectivity index (χ1v) is 7.32. The van der Waals surface area contributed by atoms with Crippen molar-refractivity contribution in [2.45, 2.75) is 19.3 Å². The lowest BCUT2D eigenvalue weighted by Crippen LogP contribution is -2.36. The van der Waals surface area contributed by atoms with Crippen molar-refractivity contribution >= 4 is 12.0 Å². The van der Waals surface area contributed by atoms with Crippen LogP contribution in [0.4, 0.5) is 0 Å². The van der Waals surface area contributed by atoms with E-state index in [0.717, 1.165) is 19.3 Å². The molecule has 0 aliphatic carbocycles. The minimum atomic E-state index is -0.216. The van der Waals surface area contributed by atoms with Gasteiger partial charge in [0.05, 0.1) is 14.2 Å². The van der Waals surface area contributed by atoms with E-state index in [2.05, 4.69) is 0 Å². The first kappa shape index (κ1) is 15.9. The van der Waals surface area contributed by atoms with Gasteiger partial charge in [-0.15, -0.1) is 0 Å². The molecular weight excluding hydrogens is 280 g/mol. The SMILES string of the molecule is COc1ccc(OC)c(/C=C(\C#N)C(=O)N2CCCCC2)c1. The Kier molecular flexibility index (Phi) is 5.42. The third kappa shape index (κ3) is 3.59. The van der Waals surface area contributed by atoms with Crippen molar-refractivity contribution in [3.8, 4) is 17.6 Å². The number of ether oxygens (including phenoxy) is 2. The summed E-state index contributed by atoms with van der Waals surface area (Å²) in [6.07, 6.45) is 4.69. The van der Waals surface area contributed by atoms with E-state index in [1.807, 2.05) is 6.07 Å². The van der Waals surface area contributed by atoms with E-state index in [1.165, 1.54) is 0 Å². The Morgan fingerprint density at radius 2 is 1.95 bits per heavy atom. The topological polar surface area (TPSA) is 62.6 Å². The van der Waals surface area contributed by atoms with Gasteiger partial charge in [0.1, 0.15) is 23.1 Å². The molecule has 1 saturated heterocycles. The molecule has 0 bridgehead atoms. The Morgan fingerprint density at radius 1 is 1.23 bits per heavy atom. The normalized spacial score (nSPS) is 15.1. The van der Waals surface area contributed by atoms with Gasteiger partial charge in [0.15, 0.2) is 0 Å². The molecule has 1 aromatic rings. The number of piperidine rings is 1. The van der Waals surface area contributed by atoms with Crippen molar-refractivity contribution in [2.75, 3.05) is 27.3 Å². The fraction of sp³-hybridized carbons (Fsp3) is 0.412. The van der Waals surface area contributed by atoms with Crippen molar-refractivity contribution in [3.05, 3.63) is 29.3 Å². The van der Waals surface area contributed by atoms with Crippen molar-refractivity contribution < 1.29 is 14.3 Å². The molecule has 1 fully saturated rings. The number of nitrogens with zero attached hydrogens (tertiary/aromatic N) is 2. The van der Waals surface area contributed by atoms with Crippen LogP contribution in [0.15, 0.2) is 23.8 Å². The van der Waals surface area contributed by atoms with E-state index in [9.17, 15) is 10.1 Å². The molecule has 0 saturated carbocycles. The summed E-state index contributed by atoms with van der Waals surface area (Å²) in [5.41, 5.74) is 0.775. The molecule has 1 aliphatic heterocycles. The minimum Gasteiger partial charge on any atom is -0.497 e. The Balaban J connectivity index is 2.31. The molecule has 0 radical (unpaired) electrons. The second-order valence-corrected chi connectivity index (χ2v) is 5.13. The van der Waals surface area contributed by atoms with Crippen LogP contribution in [0.1, 0.15) is 24.8 Å². The minimum absolute atomic E-state index is 0.119. The van der Waals surface area contributed by atoms with Gasteiger partial charge in [0.25, 0.3) is 5.91 Å². The second-order valence-electron chi connectivity index (χ2n) is 5.13. The van der Waals surface area contributed by atoms with Crippen molar-refractivity contribution in [2.24, 2.45) is 0 Å². The van der Waals surface area contributed by atoms with Crippen LogP contribution >= 0.6 is 0 Å². The lowest BCUT2D eigenvalue weighted by Gasteiger charge is -2.26. The van der Waals surface area contributed by atoms with E-state index < -0.39 is 0 Å². The summed E-state index contributed by atoms with van der Waals surface area (Å²) in [4.78, 5) is 14.2. The number of carbonyl (C=O) groups excluding carboxylic acids is 1. The molecule has 5 nitrogen and oxygen atoms in total. The summed E-state index contributed by atoms with van der Waals surface area (Å²) in [5, 5.41) is 9.34. The third-order valence-corrected chi connectivity index (χ3v) is 3.73. The van der Waals surface area contributed by atoms with E-state index in [1.54, 1.807) is 43.4 Å². The summed E-state index contributed by atoms with van der Waals surface area (Å²) < 4.78 is 10.5. The molecular formula is C17H20N2O3. The van der Waals surface area contributed by atoms with Crippen LogP contribution in [0.3, 0.4) is 0 Å². The van der Waals surface area contributed by atoms with Gasteiger partial charge in [0.2, 0.25) is 0 Å². The van der Waals surface area contributed by atoms with E-state index in [0.29, 0.717) is 30.2 Å². The van der Waals surface area contributed by atoms with Crippen LogP contribution in [0.2, 0.25) is 0 Å². The predicted molar refractivity (Wildman–Crippen MR) is 83.6 cm³/mol. The predicted octanol–water partition coefficient (Wildman–Crippen LogP) is 2.62. The molecule has 5 heteroatoms. The maximum Gasteiger partial charge on any atom is 0.264 e. The first-order valence-electron chi connectivity index (χ1n) is 7.32. The van der Waals surface area contributed by atoms with Gasteiger partial charge in [-0.2, -0.15) is 5.26 Å². The molecule has 1 amide bonds. The number of nitriles is 1. The zero-order valence-corrected chi connectivity index (χ0v) is 13.0. The number of hydrogen-bond acceptors (Lipinski definition) is 4. The maximum atomic E-state index is 12.5. The van der Waals surface area contributed by atoms with Crippen LogP contribution in [0.25, 0.3) is 6.08 Å². The highest BCUT2D eigenvalue weighted by molar-refractivity contribution is 6.02. The smallest absolute Gasteiger partial charge is 0.264 e. The van der Waals surface area contributed by atoms with Crippen LogP contribution < -0.4 is 9.47 Å². The largest absolute Gasteiger partial charge is 0.497 e. The fourth-order valence-electron chi connectivity index (χ4n) is 2.52. The number of carbonyl (C=O) groups is 1. The van der Waals surface area contributed by atoms with Crippen LogP contribution in [-0.4, -0.2) is 38.1 Å². The van der Waals surface area contributed by atoms with Gasteiger partial charge in [-0.1, -0.05) is 0 Å². The number of likely N-dealkylation sites (tertiary alicyclic amines) is 1. The maximum absolute atomic E-state index is 12.5. The molecule has 1 aromatic carbocycles. The van der Waals surface area contributed by atoms with Gasteiger partial charge >= 0.3 is 0 Å². The van der Waals surface area contributed by atoms with Crippen molar-refractivity contribution in [1.29, 1.82) is 5.26 Å². The van der Waals surface area contributed by atoms with Gasteiger partial charge < -0.3 is 14.4 Å². The lowest BCUT2D eigenvalue weighted by molar-refractivity contribution is -0.127. The average molecular weight is 300 g/mol. The highest BCUT2D eigenvalue weighted by Crippen LogP contribution is 2.26. The average Bonchev–Trinajstić information content (AvgIpc) is 2.59. The molecule has 1 aliphatic rings. The number of benzene rings is 1. The fourth-order valence-corrected chi connectivity index (χ4v) is 2.52. The summed E-state index contributed by atoms with van der Waals surface area (Å²) >= 11 is 0. The van der Waals surface area contributed by atoms with Crippen LogP contribution in [0.5, 0.6) is 11.5 Å². The Morgan fingerprint density at radius 3 is 2.55 bits per heavy atom.